The Morgan fingerprint density at radius 1 is 1.13 bits per heavy atom. The molecule has 2 aromatic carbocycles. The smallest absolute Gasteiger partial charge is 0.424 e. The predicted octanol–water partition coefficient (Wildman–Crippen LogP) is 3.13. The molecule has 5 rings (SSSR count). The Hall–Kier alpha value is -4.67. The molecule has 16 heteroatoms. The summed E-state index contributed by atoms with van der Waals surface area (Å²) in [5.41, 5.74) is -0.562. The van der Waals surface area contributed by atoms with E-state index >= 15 is 0 Å². The fourth-order valence-electron chi connectivity index (χ4n) is 4.58. The van der Waals surface area contributed by atoms with Crippen LogP contribution in [0.2, 0.25) is 0 Å². The Bertz CT molecular complexity index is 1830. The SMILES string of the molecule is C[C@@H](O)C(=O)Nc1nc2ccc(C(=O)NCC(O)(c3cc4c(c(-c5ccc(F)cc5)n3)OC[C@]4(C)C(N)=O)C(F)(F)F)cc2s1. The van der Waals surface area contributed by atoms with Crippen molar-refractivity contribution in [2.24, 2.45) is 5.73 Å². The van der Waals surface area contributed by atoms with Gasteiger partial charge < -0.3 is 26.0 Å². The summed E-state index contributed by atoms with van der Waals surface area (Å²) in [6, 6.07) is 9.51. The van der Waals surface area contributed by atoms with Gasteiger partial charge in [0.15, 0.2) is 5.13 Å². The van der Waals surface area contributed by atoms with E-state index in [9.17, 15) is 42.2 Å². The maximum Gasteiger partial charge on any atom is 0.424 e. The van der Waals surface area contributed by atoms with E-state index in [1.54, 1.807) is 0 Å². The lowest BCUT2D eigenvalue weighted by atomic mass is 9.81. The number of nitrogens with one attached hydrogen (secondary N) is 2. The first-order valence-corrected chi connectivity index (χ1v) is 14.1. The molecule has 2 aromatic heterocycles. The Morgan fingerprint density at radius 3 is 2.44 bits per heavy atom. The van der Waals surface area contributed by atoms with E-state index in [2.05, 4.69) is 20.6 Å². The second-order valence-corrected chi connectivity index (χ2v) is 11.7. The van der Waals surface area contributed by atoms with Crippen molar-refractivity contribution < 1.29 is 46.9 Å². The molecular weight excluding hydrogens is 622 g/mol. The zero-order valence-electron chi connectivity index (χ0n) is 23.5. The lowest BCUT2D eigenvalue weighted by Crippen LogP contribution is -2.51. The average Bonchev–Trinajstić information content (AvgIpc) is 3.55. The number of aliphatic hydroxyl groups is 2. The molecule has 4 aromatic rings. The van der Waals surface area contributed by atoms with Gasteiger partial charge in [-0.1, -0.05) is 11.3 Å². The van der Waals surface area contributed by atoms with Gasteiger partial charge in [0.2, 0.25) is 11.5 Å². The van der Waals surface area contributed by atoms with Gasteiger partial charge in [-0.3, -0.25) is 19.7 Å². The monoisotopic (exact) mass is 647 g/mol. The molecule has 6 N–H and O–H groups in total. The van der Waals surface area contributed by atoms with Crippen LogP contribution in [0.1, 0.15) is 35.5 Å². The van der Waals surface area contributed by atoms with Crippen LogP contribution in [0.15, 0.2) is 48.5 Å². The molecule has 0 bridgehead atoms. The number of benzene rings is 2. The molecule has 0 fully saturated rings. The van der Waals surface area contributed by atoms with Gasteiger partial charge in [0.25, 0.3) is 11.8 Å². The Labute approximate surface area is 256 Å². The highest BCUT2D eigenvalue weighted by molar-refractivity contribution is 7.22. The number of nitrogens with zero attached hydrogens (tertiary/aromatic N) is 2. The Balaban J connectivity index is 1.50. The van der Waals surface area contributed by atoms with Crippen molar-refractivity contribution in [2.45, 2.75) is 37.1 Å². The molecule has 1 aliphatic rings. The maximum absolute atomic E-state index is 14.6. The molecule has 0 saturated carbocycles. The van der Waals surface area contributed by atoms with Crippen LogP contribution in [0.3, 0.4) is 0 Å². The summed E-state index contributed by atoms with van der Waals surface area (Å²) in [5, 5.41) is 25.2. The third-order valence-corrected chi connectivity index (χ3v) is 8.33. The summed E-state index contributed by atoms with van der Waals surface area (Å²) < 4.78 is 63.6. The van der Waals surface area contributed by atoms with Crippen molar-refractivity contribution in [1.82, 2.24) is 15.3 Å². The molecule has 1 aliphatic heterocycles. The molecule has 3 atom stereocenters. The van der Waals surface area contributed by atoms with E-state index in [0.29, 0.717) is 10.2 Å². The highest BCUT2D eigenvalue weighted by Crippen LogP contribution is 2.47. The second kappa shape index (κ2) is 11.4. The number of carbonyl (C=O) groups is 3. The molecule has 0 spiro atoms. The summed E-state index contributed by atoms with van der Waals surface area (Å²) in [7, 11) is 0. The van der Waals surface area contributed by atoms with Gasteiger partial charge in [-0.15, -0.1) is 0 Å². The minimum Gasteiger partial charge on any atom is -0.489 e. The number of nitrogens with two attached hydrogens (primary N) is 1. The van der Waals surface area contributed by atoms with Gasteiger partial charge in [-0.25, -0.2) is 14.4 Å². The number of ether oxygens (including phenoxy) is 1. The zero-order chi connectivity index (χ0) is 32.9. The lowest BCUT2D eigenvalue weighted by Gasteiger charge is -2.31. The molecule has 0 aliphatic carbocycles. The number of aliphatic hydroxyl groups excluding tert-OH is 1. The number of rotatable bonds is 8. The van der Waals surface area contributed by atoms with Gasteiger partial charge in [0.05, 0.1) is 22.5 Å². The van der Waals surface area contributed by atoms with Gasteiger partial charge in [0.1, 0.15) is 35.4 Å². The highest BCUT2D eigenvalue weighted by atomic mass is 32.1. The summed E-state index contributed by atoms with van der Waals surface area (Å²) >= 11 is 0.967. The number of primary amides is 1. The van der Waals surface area contributed by atoms with Crippen LogP contribution in [-0.2, 0) is 20.6 Å². The van der Waals surface area contributed by atoms with Crippen LogP contribution < -0.4 is 21.1 Å². The number of halogens is 4. The van der Waals surface area contributed by atoms with E-state index in [4.69, 9.17) is 10.5 Å². The molecule has 3 heterocycles. The largest absolute Gasteiger partial charge is 0.489 e. The van der Waals surface area contributed by atoms with Crippen LogP contribution in [0.5, 0.6) is 5.75 Å². The van der Waals surface area contributed by atoms with E-state index in [0.717, 1.165) is 29.5 Å². The first kappa shape index (κ1) is 31.7. The summed E-state index contributed by atoms with van der Waals surface area (Å²) in [6.07, 6.45) is -6.68. The molecular formula is C29H25F4N5O6S. The first-order valence-electron chi connectivity index (χ1n) is 13.2. The van der Waals surface area contributed by atoms with Crippen molar-refractivity contribution >= 4 is 44.4 Å². The highest BCUT2D eigenvalue weighted by Gasteiger charge is 2.57. The van der Waals surface area contributed by atoms with Crippen molar-refractivity contribution in [3.63, 3.8) is 0 Å². The number of aromatic nitrogens is 2. The number of amides is 3. The van der Waals surface area contributed by atoms with E-state index in [-0.39, 0.29) is 39.9 Å². The van der Waals surface area contributed by atoms with E-state index in [1.165, 1.54) is 44.2 Å². The number of fused-ring (bicyclic) bond motifs is 2. The molecule has 11 nitrogen and oxygen atoms in total. The van der Waals surface area contributed by atoms with E-state index < -0.39 is 59.1 Å². The van der Waals surface area contributed by atoms with Crippen LogP contribution in [0, 0.1) is 5.82 Å². The van der Waals surface area contributed by atoms with Crippen molar-refractivity contribution in [3.8, 4) is 17.0 Å². The average molecular weight is 648 g/mol. The summed E-state index contributed by atoms with van der Waals surface area (Å²) in [4.78, 5) is 45.4. The first-order chi connectivity index (χ1) is 21.0. The number of alkyl halides is 3. The molecule has 3 amide bonds. The van der Waals surface area contributed by atoms with E-state index in [1.807, 2.05) is 0 Å². The van der Waals surface area contributed by atoms with Crippen molar-refractivity contribution in [3.05, 3.63) is 71.2 Å². The molecule has 45 heavy (non-hydrogen) atoms. The maximum atomic E-state index is 14.6. The van der Waals surface area contributed by atoms with Gasteiger partial charge in [-0.05, 0) is 62.4 Å². The fraction of sp³-hybridized carbons (Fsp3) is 0.276. The number of hydrogen-bond acceptors (Lipinski definition) is 9. The van der Waals surface area contributed by atoms with Gasteiger partial charge >= 0.3 is 6.18 Å². The molecule has 1 unspecified atom stereocenters. The van der Waals surface area contributed by atoms with Crippen LogP contribution in [0.25, 0.3) is 21.5 Å². The van der Waals surface area contributed by atoms with Crippen LogP contribution >= 0.6 is 11.3 Å². The Kier molecular flexibility index (Phi) is 8.01. The minimum absolute atomic E-state index is 0.0536. The lowest BCUT2D eigenvalue weighted by molar-refractivity contribution is -0.265. The topological polar surface area (TPSA) is 177 Å². The Morgan fingerprint density at radius 2 is 1.82 bits per heavy atom. The number of hydrogen-bond donors (Lipinski definition) is 5. The number of pyridine rings is 1. The van der Waals surface area contributed by atoms with Gasteiger partial charge in [-0.2, -0.15) is 13.2 Å². The van der Waals surface area contributed by atoms with Crippen LogP contribution in [0.4, 0.5) is 22.7 Å². The third kappa shape index (κ3) is 5.79. The van der Waals surface area contributed by atoms with Gasteiger partial charge in [0, 0.05) is 16.7 Å². The van der Waals surface area contributed by atoms with Crippen molar-refractivity contribution in [2.75, 3.05) is 18.5 Å². The normalized spacial score (nSPS) is 18.0. The molecule has 0 radical (unpaired) electrons. The number of thiazole rings is 1. The minimum atomic E-state index is -5.39. The molecule has 0 saturated heterocycles. The predicted molar refractivity (Wildman–Crippen MR) is 154 cm³/mol. The quantitative estimate of drug-likeness (QED) is 0.181. The standard InChI is InChI=1S/C29H25F4N5O6S/c1-13(39)23(40)38-26-36-18-8-5-15(9-19(18)45-26)24(41)35-11-28(43,29(31,32)33)20-10-17-22(44-12-27(17,2)25(34)42)21(37-20)14-3-6-16(30)7-4-14/h3-10,13,39,43H,11-12H2,1-2H3,(H2,34,42)(H,35,41)(H,36,38,40)/t13-,27+,28?/m1/s1. The van der Waals surface area contributed by atoms with Crippen molar-refractivity contribution in [1.29, 1.82) is 0 Å². The molecule has 236 valence electrons. The third-order valence-electron chi connectivity index (χ3n) is 7.39. The summed E-state index contributed by atoms with van der Waals surface area (Å²) in [6.45, 7) is 0.932. The zero-order valence-corrected chi connectivity index (χ0v) is 24.3. The second-order valence-electron chi connectivity index (χ2n) is 10.6. The number of carbonyl (C=O) groups excluding carboxylic acids is 3. The van der Waals surface area contributed by atoms with Crippen LogP contribution in [-0.4, -0.2) is 63.3 Å². The number of anilines is 1. The summed E-state index contributed by atoms with van der Waals surface area (Å²) in [5.74, 6) is -3.26. The fourth-order valence-corrected chi connectivity index (χ4v) is 5.49.